The maximum Gasteiger partial charge on any atom is 0.123 e. The molecule has 3 heteroatoms. The predicted molar refractivity (Wildman–Crippen MR) is 80.2 cm³/mol. The van der Waals surface area contributed by atoms with Crippen LogP contribution in [-0.2, 0) is 11.2 Å². The third-order valence-electron chi connectivity index (χ3n) is 4.29. The summed E-state index contributed by atoms with van der Waals surface area (Å²) < 4.78 is 11.8. The number of ether oxygens (including phenoxy) is 2. The minimum absolute atomic E-state index is 0.307. The smallest absolute Gasteiger partial charge is 0.123 e. The van der Waals surface area contributed by atoms with E-state index >= 15 is 0 Å². The summed E-state index contributed by atoms with van der Waals surface area (Å²) in [5.74, 6) is 1.06. The minimum atomic E-state index is 0.307. The zero-order valence-corrected chi connectivity index (χ0v) is 12.5. The highest BCUT2D eigenvalue weighted by Crippen LogP contribution is 2.33. The molecule has 3 nitrogen and oxygen atoms in total. The molecule has 1 aromatic carbocycles. The van der Waals surface area contributed by atoms with E-state index in [4.69, 9.17) is 9.47 Å². The summed E-state index contributed by atoms with van der Waals surface area (Å²) in [4.78, 5) is 0. The van der Waals surface area contributed by atoms with E-state index in [1.54, 1.807) is 0 Å². The molecule has 0 aliphatic carbocycles. The van der Waals surface area contributed by atoms with Crippen LogP contribution >= 0.6 is 0 Å². The van der Waals surface area contributed by atoms with Crippen molar-refractivity contribution in [3.63, 3.8) is 0 Å². The van der Waals surface area contributed by atoms with Gasteiger partial charge >= 0.3 is 0 Å². The zero-order valence-electron chi connectivity index (χ0n) is 12.5. The van der Waals surface area contributed by atoms with Crippen molar-refractivity contribution in [2.45, 2.75) is 57.8 Å². The first-order valence-corrected chi connectivity index (χ1v) is 7.92. The second kappa shape index (κ2) is 6.15. The van der Waals surface area contributed by atoms with Crippen molar-refractivity contribution >= 4 is 0 Å². The third kappa shape index (κ3) is 2.84. The van der Waals surface area contributed by atoms with E-state index in [0.717, 1.165) is 31.7 Å². The Morgan fingerprint density at radius 1 is 1.35 bits per heavy atom. The number of rotatable bonds is 4. The first-order chi connectivity index (χ1) is 9.78. The fourth-order valence-electron chi connectivity index (χ4n) is 3.35. The molecule has 110 valence electrons. The molecule has 2 heterocycles. The largest absolute Gasteiger partial charge is 0.490 e. The quantitative estimate of drug-likeness (QED) is 0.915. The highest BCUT2D eigenvalue weighted by atomic mass is 16.5. The molecule has 3 unspecified atom stereocenters. The van der Waals surface area contributed by atoms with Gasteiger partial charge in [0.1, 0.15) is 11.9 Å². The second-order valence-electron chi connectivity index (χ2n) is 5.94. The molecule has 0 amide bonds. The molecule has 0 bridgehead atoms. The maximum absolute atomic E-state index is 5.99. The van der Waals surface area contributed by atoms with Crippen molar-refractivity contribution in [3.05, 3.63) is 29.3 Å². The van der Waals surface area contributed by atoms with Crippen molar-refractivity contribution < 1.29 is 9.47 Å². The van der Waals surface area contributed by atoms with Crippen LogP contribution in [0.2, 0.25) is 0 Å². The molecule has 2 aliphatic rings. The van der Waals surface area contributed by atoms with Crippen LogP contribution in [0.4, 0.5) is 0 Å². The summed E-state index contributed by atoms with van der Waals surface area (Å²) in [6, 6.07) is 6.94. The molecule has 1 saturated heterocycles. The molecule has 0 radical (unpaired) electrons. The monoisotopic (exact) mass is 275 g/mol. The highest BCUT2D eigenvalue weighted by Gasteiger charge is 2.27. The molecule has 1 fully saturated rings. The van der Waals surface area contributed by atoms with Crippen LogP contribution in [0.5, 0.6) is 5.75 Å². The summed E-state index contributed by atoms with van der Waals surface area (Å²) in [7, 11) is 0. The van der Waals surface area contributed by atoms with Gasteiger partial charge in [0, 0.05) is 13.0 Å². The number of fused-ring (bicyclic) bond motifs is 1. The van der Waals surface area contributed by atoms with Crippen LogP contribution in [-0.4, -0.2) is 25.4 Å². The van der Waals surface area contributed by atoms with Gasteiger partial charge in [-0.15, -0.1) is 0 Å². The lowest BCUT2D eigenvalue weighted by Gasteiger charge is -2.31. The molecule has 0 saturated carbocycles. The molecule has 3 atom stereocenters. The predicted octanol–water partition coefficient (Wildman–Crippen LogP) is 3.23. The van der Waals surface area contributed by atoms with Gasteiger partial charge in [0.25, 0.3) is 0 Å². The minimum Gasteiger partial charge on any atom is -0.490 e. The fourth-order valence-corrected chi connectivity index (χ4v) is 3.35. The van der Waals surface area contributed by atoms with Crippen LogP contribution < -0.4 is 10.1 Å². The topological polar surface area (TPSA) is 30.5 Å². The standard InChI is InChI=1S/C17H25NO2/c1-3-18-17(16-6-4-5-9-19-16)13-7-8-15-14(11-13)10-12(2)20-15/h7-8,11-12,16-18H,3-6,9-10H2,1-2H3. The first-order valence-electron chi connectivity index (χ1n) is 7.92. The van der Waals surface area contributed by atoms with E-state index < -0.39 is 0 Å². The SMILES string of the molecule is CCNC(c1ccc2c(c1)CC(C)O2)C1CCCCO1. The Morgan fingerprint density at radius 2 is 2.25 bits per heavy atom. The Bertz CT molecular complexity index is 454. The van der Waals surface area contributed by atoms with Crippen molar-refractivity contribution in [2.75, 3.05) is 13.2 Å². The molecule has 3 rings (SSSR count). The number of hydrogen-bond acceptors (Lipinski definition) is 3. The number of likely N-dealkylation sites (N-methyl/N-ethyl adjacent to an activating group) is 1. The summed E-state index contributed by atoms with van der Waals surface area (Å²) in [6.45, 7) is 6.16. The molecular formula is C17H25NO2. The van der Waals surface area contributed by atoms with Gasteiger partial charge in [0.05, 0.1) is 12.1 Å². The van der Waals surface area contributed by atoms with Crippen LogP contribution in [0.1, 0.15) is 50.3 Å². The molecule has 0 spiro atoms. The van der Waals surface area contributed by atoms with Crippen molar-refractivity contribution in [1.82, 2.24) is 5.32 Å². The van der Waals surface area contributed by atoms with Gasteiger partial charge < -0.3 is 14.8 Å². The highest BCUT2D eigenvalue weighted by molar-refractivity contribution is 5.41. The average Bonchev–Trinajstić information content (AvgIpc) is 2.84. The van der Waals surface area contributed by atoms with Crippen LogP contribution in [0.25, 0.3) is 0 Å². The number of nitrogens with one attached hydrogen (secondary N) is 1. The van der Waals surface area contributed by atoms with Crippen molar-refractivity contribution in [1.29, 1.82) is 0 Å². The Kier molecular flexibility index (Phi) is 4.27. The van der Waals surface area contributed by atoms with Gasteiger partial charge in [-0.2, -0.15) is 0 Å². The van der Waals surface area contributed by atoms with Gasteiger partial charge in [-0.1, -0.05) is 19.1 Å². The van der Waals surface area contributed by atoms with Crippen molar-refractivity contribution in [2.24, 2.45) is 0 Å². The summed E-state index contributed by atoms with van der Waals surface area (Å²) in [5.41, 5.74) is 2.68. The molecule has 1 N–H and O–H groups in total. The summed E-state index contributed by atoms with van der Waals surface area (Å²) in [5, 5.41) is 3.61. The van der Waals surface area contributed by atoms with Gasteiger partial charge in [0.15, 0.2) is 0 Å². The van der Waals surface area contributed by atoms with Crippen LogP contribution in [0, 0.1) is 0 Å². The van der Waals surface area contributed by atoms with E-state index in [1.165, 1.54) is 24.0 Å². The molecule has 20 heavy (non-hydrogen) atoms. The lowest BCUT2D eigenvalue weighted by molar-refractivity contribution is -0.00787. The molecule has 1 aromatic rings. The average molecular weight is 275 g/mol. The molecule has 0 aromatic heterocycles. The van der Waals surface area contributed by atoms with Gasteiger partial charge in [-0.3, -0.25) is 0 Å². The third-order valence-corrected chi connectivity index (χ3v) is 4.29. The Balaban J connectivity index is 1.82. The molecular weight excluding hydrogens is 250 g/mol. The van der Waals surface area contributed by atoms with E-state index in [9.17, 15) is 0 Å². The molecule has 2 aliphatic heterocycles. The Morgan fingerprint density at radius 3 is 3.00 bits per heavy atom. The number of benzene rings is 1. The zero-order chi connectivity index (χ0) is 13.9. The second-order valence-corrected chi connectivity index (χ2v) is 5.94. The lowest BCUT2D eigenvalue weighted by Crippen LogP contribution is -2.36. The van der Waals surface area contributed by atoms with Crippen LogP contribution in [0.15, 0.2) is 18.2 Å². The van der Waals surface area contributed by atoms with E-state index in [1.807, 2.05) is 0 Å². The summed E-state index contributed by atoms with van der Waals surface area (Å²) in [6.07, 6.45) is 5.27. The maximum atomic E-state index is 5.99. The first kappa shape index (κ1) is 13.9. The van der Waals surface area contributed by atoms with E-state index in [-0.39, 0.29) is 0 Å². The van der Waals surface area contributed by atoms with Gasteiger partial charge in [0.2, 0.25) is 0 Å². The van der Waals surface area contributed by atoms with Gasteiger partial charge in [-0.25, -0.2) is 0 Å². The van der Waals surface area contributed by atoms with E-state index in [2.05, 4.69) is 37.4 Å². The van der Waals surface area contributed by atoms with Crippen molar-refractivity contribution in [3.8, 4) is 5.75 Å². The number of hydrogen-bond donors (Lipinski definition) is 1. The Hall–Kier alpha value is -1.06. The fraction of sp³-hybridized carbons (Fsp3) is 0.647. The summed E-state index contributed by atoms with van der Waals surface area (Å²) >= 11 is 0. The normalized spacial score (nSPS) is 26.9. The lowest BCUT2D eigenvalue weighted by atomic mass is 9.94. The van der Waals surface area contributed by atoms with Gasteiger partial charge in [-0.05, 0) is 49.9 Å². The van der Waals surface area contributed by atoms with Crippen LogP contribution in [0.3, 0.4) is 0 Å². The van der Waals surface area contributed by atoms with E-state index in [0.29, 0.717) is 18.2 Å². The Labute approximate surface area is 121 Å².